The molecule has 0 spiro atoms. The Kier molecular flexibility index (Phi) is 12.0. The number of hydrogen-bond donors (Lipinski definition) is 2. The highest BCUT2D eigenvalue weighted by Crippen LogP contribution is 2.08. The van der Waals surface area contributed by atoms with E-state index in [1.54, 1.807) is 0 Å². The lowest BCUT2D eigenvalue weighted by atomic mass is 10.1. The summed E-state index contributed by atoms with van der Waals surface area (Å²) in [6.45, 7) is 12.9. The standard InChI is InChI=1S/C18H32N6.HI/c1-5-23(6-2)17(19)21-13-15-10-9-11-16(12-15)14-22-18(20)24(7-3)8-4;/h9-12H,5-8,13-14H2,1-4H3,(H2,19,21)(H2,20,22);1H. The topological polar surface area (TPSA) is 83.2 Å². The number of benzene rings is 1. The van der Waals surface area contributed by atoms with Crippen molar-refractivity contribution < 1.29 is 0 Å². The summed E-state index contributed by atoms with van der Waals surface area (Å²) in [7, 11) is 0. The second-order valence-corrected chi connectivity index (χ2v) is 5.51. The average Bonchev–Trinajstić information content (AvgIpc) is 2.60. The van der Waals surface area contributed by atoms with Gasteiger partial charge in [0.15, 0.2) is 11.9 Å². The Balaban J connectivity index is 0.00000576. The predicted octanol–water partition coefficient (Wildman–Crippen LogP) is 2.62. The number of rotatable bonds is 8. The molecule has 0 aliphatic heterocycles. The lowest BCUT2D eigenvalue weighted by Gasteiger charge is -2.19. The van der Waals surface area contributed by atoms with Gasteiger partial charge in [0, 0.05) is 26.2 Å². The van der Waals surface area contributed by atoms with E-state index in [1.165, 1.54) is 0 Å². The van der Waals surface area contributed by atoms with Crippen LogP contribution in [0.25, 0.3) is 0 Å². The zero-order valence-corrected chi connectivity index (χ0v) is 18.2. The number of halogens is 1. The van der Waals surface area contributed by atoms with Gasteiger partial charge in [-0.2, -0.15) is 0 Å². The summed E-state index contributed by atoms with van der Waals surface area (Å²) >= 11 is 0. The fourth-order valence-electron chi connectivity index (χ4n) is 2.47. The van der Waals surface area contributed by atoms with Crippen LogP contribution in [0.15, 0.2) is 34.3 Å². The highest BCUT2D eigenvalue weighted by molar-refractivity contribution is 14.0. The van der Waals surface area contributed by atoms with Crippen molar-refractivity contribution in [3.05, 3.63) is 35.4 Å². The Morgan fingerprint density at radius 2 is 1.16 bits per heavy atom. The minimum absolute atomic E-state index is 0. The second kappa shape index (κ2) is 12.8. The number of nitrogens with zero attached hydrogens (tertiary/aromatic N) is 4. The number of aliphatic imine (C=N–C) groups is 2. The van der Waals surface area contributed by atoms with Gasteiger partial charge in [-0.1, -0.05) is 24.3 Å². The Labute approximate surface area is 169 Å². The molecule has 0 bridgehead atoms. The van der Waals surface area contributed by atoms with E-state index in [0.29, 0.717) is 25.0 Å². The molecule has 0 aliphatic rings. The van der Waals surface area contributed by atoms with E-state index in [0.717, 1.165) is 37.3 Å². The molecular weight excluding hydrogens is 427 g/mol. The first-order valence-corrected chi connectivity index (χ1v) is 8.73. The summed E-state index contributed by atoms with van der Waals surface area (Å²) in [6, 6.07) is 8.24. The number of guanidine groups is 2. The fraction of sp³-hybridized carbons (Fsp3) is 0.556. The Morgan fingerprint density at radius 3 is 1.48 bits per heavy atom. The van der Waals surface area contributed by atoms with Crippen LogP contribution in [-0.4, -0.2) is 47.9 Å². The minimum Gasteiger partial charge on any atom is -0.370 e. The summed E-state index contributed by atoms with van der Waals surface area (Å²) in [5, 5.41) is 0. The maximum Gasteiger partial charge on any atom is 0.191 e. The molecule has 0 saturated carbocycles. The van der Waals surface area contributed by atoms with Crippen LogP contribution in [0, 0.1) is 0 Å². The van der Waals surface area contributed by atoms with Gasteiger partial charge >= 0.3 is 0 Å². The fourth-order valence-corrected chi connectivity index (χ4v) is 2.47. The molecule has 25 heavy (non-hydrogen) atoms. The molecule has 0 saturated heterocycles. The largest absolute Gasteiger partial charge is 0.370 e. The average molecular weight is 460 g/mol. The van der Waals surface area contributed by atoms with Crippen molar-refractivity contribution in [1.82, 2.24) is 9.80 Å². The SMILES string of the molecule is CCN(CC)C(N)=NCc1cccc(CN=C(N)N(CC)CC)c1.I. The van der Waals surface area contributed by atoms with Gasteiger partial charge in [0.2, 0.25) is 0 Å². The molecule has 1 aromatic carbocycles. The lowest BCUT2D eigenvalue weighted by Crippen LogP contribution is -2.37. The van der Waals surface area contributed by atoms with Crippen molar-refractivity contribution in [2.24, 2.45) is 21.5 Å². The lowest BCUT2D eigenvalue weighted by molar-refractivity contribution is 0.458. The molecule has 0 heterocycles. The van der Waals surface area contributed by atoms with Gasteiger partial charge < -0.3 is 21.3 Å². The first-order chi connectivity index (χ1) is 11.5. The van der Waals surface area contributed by atoms with Crippen molar-refractivity contribution in [3.63, 3.8) is 0 Å². The Hall–Kier alpha value is -1.51. The molecule has 1 aromatic rings. The molecule has 142 valence electrons. The normalized spacial score (nSPS) is 11.8. The van der Waals surface area contributed by atoms with Gasteiger partial charge in [-0.25, -0.2) is 9.98 Å². The molecule has 0 radical (unpaired) electrons. The molecular formula is C18H33IN6. The molecule has 4 N–H and O–H groups in total. The maximum atomic E-state index is 6.02. The third-order valence-corrected chi connectivity index (χ3v) is 4.01. The van der Waals surface area contributed by atoms with E-state index in [2.05, 4.69) is 55.9 Å². The summed E-state index contributed by atoms with van der Waals surface area (Å²) in [6.07, 6.45) is 0. The van der Waals surface area contributed by atoms with Crippen LogP contribution >= 0.6 is 24.0 Å². The van der Waals surface area contributed by atoms with Gasteiger partial charge in [0.1, 0.15) is 0 Å². The monoisotopic (exact) mass is 460 g/mol. The van der Waals surface area contributed by atoms with Crippen molar-refractivity contribution in [2.75, 3.05) is 26.2 Å². The van der Waals surface area contributed by atoms with Crippen LogP contribution in [0.1, 0.15) is 38.8 Å². The maximum absolute atomic E-state index is 6.02. The van der Waals surface area contributed by atoms with Crippen molar-refractivity contribution in [2.45, 2.75) is 40.8 Å². The number of hydrogen-bond acceptors (Lipinski definition) is 2. The van der Waals surface area contributed by atoms with Gasteiger partial charge in [-0.05, 0) is 38.8 Å². The highest BCUT2D eigenvalue weighted by atomic mass is 127. The van der Waals surface area contributed by atoms with Crippen LogP contribution in [-0.2, 0) is 13.1 Å². The summed E-state index contributed by atoms with van der Waals surface area (Å²) < 4.78 is 0. The zero-order chi connectivity index (χ0) is 17.9. The van der Waals surface area contributed by atoms with Crippen LogP contribution in [0.3, 0.4) is 0 Å². The predicted molar refractivity (Wildman–Crippen MR) is 118 cm³/mol. The van der Waals surface area contributed by atoms with E-state index < -0.39 is 0 Å². The van der Waals surface area contributed by atoms with Crippen molar-refractivity contribution in [1.29, 1.82) is 0 Å². The van der Waals surface area contributed by atoms with Crippen LogP contribution in [0.2, 0.25) is 0 Å². The van der Waals surface area contributed by atoms with Crippen molar-refractivity contribution >= 4 is 35.9 Å². The molecule has 6 nitrogen and oxygen atoms in total. The van der Waals surface area contributed by atoms with Gasteiger partial charge in [-0.15, -0.1) is 24.0 Å². The molecule has 0 aromatic heterocycles. The quantitative estimate of drug-likeness (QED) is 0.355. The highest BCUT2D eigenvalue weighted by Gasteiger charge is 2.03. The van der Waals surface area contributed by atoms with Crippen LogP contribution in [0.4, 0.5) is 0 Å². The third-order valence-electron chi connectivity index (χ3n) is 4.01. The molecule has 0 atom stereocenters. The Bertz CT molecular complexity index is 505. The van der Waals surface area contributed by atoms with E-state index in [9.17, 15) is 0 Å². The van der Waals surface area contributed by atoms with Crippen LogP contribution in [0.5, 0.6) is 0 Å². The number of nitrogens with two attached hydrogens (primary N) is 2. The smallest absolute Gasteiger partial charge is 0.191 e. The van der Waals surface area contributed by atoms with E-state index >= 15 is 0 Å². The van der Waals surface area contributed by atoms with E-state index in [1.807, 2.05) is 15.9 Å². The van der Waals surface area contributed by atoms with Crippen LogP contribution < -0.4 is 11.5 Å². The third kappa shape index (κ3) is 7.94. The molecule has 0 fully saturated rings. The van der Waals surface area contributed by atoms with Crippen molar-refractivity contribution in [3.8, 4) is 0 Å². The summed E-state index contributed by atoms with van der Waals surface area (Å²) in [5.41, 5.74) is 14.3. The van der Waals surface area contributed by atoms with E-state index in [-0.39, 0.29) is 24.0 Å². The second-order valence-electron chi connectivity index (χ2n) is 5.51. The van der Waals surface area contributed by atoms with Gasteiger partial charge in [-0.3, -0.25) is 0 Å². The molecule has 0 amide bonds. The molecule has 0 aliphatic carbocycles. The van der Waals surface area contributed by atoms with Gasteiger partial charge in [0.25, 0.3) is 0 Å². The Morgan fingerprint density at radius 1 is 0.800 bits per heavy atom. The molecule has 0 unspecified atom stereocenters. The first kappa shape index (κ1) is 23.5. The zero-order valence-electron chi connectivity index (χ0n) is 15.9. The molecule has 1 rings (SSSR count). The first-order valence-electron chi connectivity index (χ1n) is 8.73. The summed E-state index contributed by atoms with van der Waals surface area (Å²) in [4.78, 5) is 13.0. The summed E-state index contributed by atoms with van der Waals surface area (Å²) in [5.74, 6) is 1.18. The van der Waals surface area contributed by atoms with Gasteiger partial charge in [0.05, 0.1) is 13.1 Å². The molecule has 7 heteroatoms. The van der Waals surface area contributed by atoms with E-state index in [4.69, 9.17) is 11.5 Å². The minimum atomic E-state index is 0.